The fourth-order valence-corrected chi connectivity index (χ4v) is 4.35. The fourth-order valence-electron chi connectivity index (χ4n) is 4.35. The highest BCUT2D eigenvalue weighted by Gasteiger charge is 2.20. The van der Waals surface area contributed by atoms with Gasteiger partial charge in [-0.15, -0.1) is 0 Å². The van der Waals surface area contributed by atoms with Gasteiger partial charge in [-0.2, -0.15) is 0 Å². The summed E-state index contributed by atoms with van der Waals surface area (Å²) in [4.78, 5) is 15.2. The molecule has 37 heavy (non-hydrogen) atoms. The molecule has 0 heterocycles. The number of carbonyl (C=O) groups excluding carboxylic acids is 1. The maximum atomic E-state index is 13.1. The van der Waals surface area contributed by atoms with Crippen LogP contribution in [0, 0.1) is 0 Å². The van der Waals surface area contributed by atoms with Gasteiger partial charge in [0, 0.05) is 22.6 Å². The minimum atomic E-state index is -1.24. The quantitative estimate of drug-likeness (QED) is 0.226. The molecule has 0 aromatic heterocycles. The molecule has 1 N–H and O–H groups in total. The first-order chi connectivity index (χ1) is 18.1. The molecule has 3 nitrogen and oxygen atoms in total. The van der Waals surface area contributed by atoms with Crippen molar-refractivity contribution >= 4 is 28.9 Å². The van der Waals surface area contributed by atoms with E-state index in [9.17, 15) is 9.90 Å². The highest BCUT2D eigenvalue weighted by atomic mass is 16.3. The highest BCUT2D eigenvalue weighted by Crippen LogP contribution is 2.35. The predicted molar refractivity (Wildman–Crippen MR) is 152 cm³/mol. The molecule has 0 bridgehead atoms. The summed E-state index contributed by atoms with van der Waals surface area (Å²) in [6, 6.07) is 43.1. The Kier molecular flexibility index (Phi) is 7.07. The molecule has 0 amide bonds. The van der Waals surface area contributed by atoms with Crippen LogP contribution in [0.25, 0.3) is 17.2 Å². The number of para-hydroxylation sites is 2. The van der Waals surface area contributed by atoms with E-state index < -0.39 is 6.10 Å². The average molecular weight is 482 g/mol. The molecule has 1 atom stereocenters. The maximum absolute atomic E-state index is 13.1. The third kappa shape index (κ3) is 5.27. The zero-order chi connectivity index (χ0) is 25.6. The predicted octanol–water partition coefficient (Wildman–Crippen LogP) is 8.38. The SMILES string of the molecule is C=Cc1ccc(-c2ccc(C(=O)C(O)c3ccc(N(c4ccccc4)c4ccccc4)cc3)cc2)cc1. The van der Waals surface area contributed by atoms with Crippen LogP contribution in [0.3, 0.4) is 0 Å². The van der Waals surface area contributed by atoms with Gasteiger partial charge in [0.1, 0.15) is 6.10 Å². The summed E-state index contributed by atoms with van der Waals surface area (Å²) >= 11 is 0. The Morgan fingerprint density at radius 2 is 1.08 bits per heavy atom. The Balaban J connectivity index is 1.36. The second-order valence-corrected chi connectivity index (χ2v) is 8.77. The Morgan fingerprint density at radius 3 is 1.57 bits per heavy atom. The van der Waals surface area contributed by atoms with Crippen molar-refractivity contribution in [1.82, 2.24) is 0 Å². The molecule has 1 unspecified atom stereocenters. The first-order valence-corrected chi connectivity index (χ1v) is 12.2. The number of anilines is 3. The normalized spacial score (nSPS) is 11.5. The summed E-state index contributed by atoms with van der Waals surface area (Å²) < 4.78 is 0. The van der Waals surface area contributed by atoms with Crippen LogP contribution >= 0.6 is 0 Å². The number of carbonyl (C=O) groups is 1. The van der Waals surface area contributed by atoms with Crippen molar-refractivity contribution < 1.29 is 9.90 Å². The van der Waals surface area contributed by atoms with Crippen molar-refractivity contribution in [1.29, 1.82) is 0 Å². The van der Waals surface area contributed by atoms with Gasteiger partial charge < -0.3 is 10.0 Å². The molecular weight excluding hydrogens is 454 g/mol. The molecule has 0 radical (unpaired) electrons. The lowest BCUT2D eigenvalue weighted by Gasteiger charge is -2.25. The summed E-state index contributed by atoms with van der Waals surface area (Å²) in [6.07, 6.45) is 0.564. The van der Waals surface area contributed by atoms with E-state index in [-0.39, 0.29) is 5.78 Å². The molecule has 0 fully saturated rings. The maximum Gasteiger partial charge on any atom is 0.195 e. The van der Waals surface area contributed by atoms with Gasteiger partial charge in [0.05, 0.1) is 0 Å². The van der Waals surface area contributed by atoms with Crippen LogP contribution in [0.2, 0.25) is 0 Å². The summed E-state index contributed by atoms with van der Waals surface area (Å²) in [5, 5.41) is 10.9. The van der Waals surface area contributed by atoms with E-state index in [1.165, 1.54) is 0 Å². The zero-order valence-electron chi connectivity index (χ0n) is 20.4. The van der Waals surface area contributed by atoms with Crippen LogP contribution in [0.4, 0.5) is 17.1 Å². The van der Waals surface area contributed by atoms with Crippen LogP contribution in [0.5, 0.6) is 0 Å². The molecule has 5 aromatic carbocycles. The van der Waals surface area contributed by atoms with Crippen molar-refractivity contribution in [2.45, 2.75) is 6.10 Å². The minimum Gasteiger partial charge on any atom is -0.380 e. The first-order valence-electron chi connectivity index (χ1n) is 12.2. The first kappa shape index (κ1) is 24.0. The summed E-state index contributed by atoms with van der Waals surface area (Å²) in [5.41, 5.74) is 7.13. The van der Waals surface area contributed by atoms with Crippen LogP contribution < -0.4 is 4.90 Å². The van der Waals surface area contributed by atoms with Crippen molar-refractivity contribution in [2.24, 2.45) is 0 Å². The highest BCUT2D eigenvalue weighted by molar-refractivity contribution is 6.00. The van der Waals surface area contributed by atoms with E-state index in [4.69, 9.17) is 0 Å². The van der Waals surface area contributed by atoms with Gasteiger partial charge in [-0.25, -0.2) is 0 Å². The fraction of sp³-hybridized carbons (Fsp3) is 0.0294. The third-order valence-corrected chi connectivity index (χ3v) is 6.39. The summed E-state index contributed by atoms with van der Waals surface area (Å²) in [5.74, 6) is -0.329. The number of hydrogen-bond donors (Lipinski definition) is 1. The van der Waals surface area contributed by atoms with Gasteiger partial charge >= 0.3 is 0 Å². The number of hydrogen-bond acceptors (Lipinski definition) is 3. The summed E-state index contributed by atoms with van der Waals surface area (Å²) in [6.45, 7) is 3.78. The van der Waals surface area contributed by atoms with Gasteiger partial charge in [-0.3, -0.25) is 4.79 Å². The average Bonchev–Trinajstić information content (AvgIpc) is 2.98. The number of Topliss-reactive ketones (excluding diaryl/α,β-unsaturated/α-hetero) is 1. The lowest BCUT2D eigenvalue weighted by atomic mass is 9.97. The number of aliphatic hydroxyl groups excluding tert-OH is 1. The topological polar surface area (TPSA) is 40.5 Å². The molecule has 0 spiro atoms. The van der Waals surface area contributed by atoms with Crippen molar-refractivity contribution in [3.8, 4) is 11.1 Å². The van der Waals surface area contributed by atoms with Crippen LogP contribution in [-0.4, -0.2) is 10.9 Å². The molecule has 180 valence electrons. The Hall–Kier alpha value is -4.73. The number of rotatable bonds is 8. The second kappa shape index (κ2) is 10.9. The zero-order valence-corrected chi connectivity index (χ0v) is 20.4. The van der Waals surface area contributed by atoms with E-state index in [2.05, 4.69) is 35.7 Å². The largest absolute Gasteiger partial charge is 0.380 e. The standard InChI is InChI=1S/C34H27NO2/c1-2-25-13-15-26(16-14-25)27-17-19-28(20-18-27)33(36)34(37)29-21-23-32(24-22-29)35(30-9-5-3-6-10-30)31-11-7-4-8-12-31/h2-24,34,37H,1H2. The number of aliphatic hydroxyl groups is 1. The lowest BCUT2D eigenvalue weighted by molar-refractivity contribution is 0.0747. The lowest BCUT2D eigenvalue weighted by Crippen LogP contribution is -2.13. The molecule has 0 saturated heterocycles. The molecule has 0 aliphatic heterocycles. The molecule has 3 heteroatoms. The van der Waals surface area contributed by atoms with E-state index in [0.717, 1.165) is 33.8 Å². The minimum absolute atomic E-state index is 0.329. The van der Waals surface area contributed by atoms with Crippen LogP contribution in [-0.2, 0) is 0 Å². The van der Waals surface area contributed by atoms with E-state index >= 15 is 0 Å². The van der Waals surface area contributed by atoms with E-state index in [1.807, 2.05) is 97.1 Å². The molecule has 5 aromatic rings. The van der Waals surface area contributed by atoms with Crippen LogP contribution in [0.15, 0.2) is 140 Å². The van der Waals surface area contributed by atoms with Gasteiger partial charge in [0.15, 0.2) is 5.78 Å². The van der Waals surface area contributed by atoms with Crippen molar-refractivity contribution in [3.63, 3.8) is 0 Å². The molecular formula is C34H27NO2. The van der Waals surface area contributed by atoms with Crippen molar-refractivity contribution in [3.05, 3.63) is 157 Å². The van der Waals surface area contributed by atoms with Gasteiger partial charge in [0.2, 0.25) is 0 Å². The second-order valence-electron chi connectivity index (χ2n) is 8.77. The van der Waals surface area contributed by atoms with E-state index in [1.54, 1.807) is 18.2 Å². The van der Waals surface area contributed by atoms with Gasteiger partial charge in [-0.05, 0) is 58.7 Å². The Bertz CT molecular complexity index is 1440. The molecule has 0 aliphatic carbocycles. The molecule has 5 rings (SSSR count). The smallest absolute Gasteiger partial charge is 0.195 e. The molecule has 0 aliphatic rings. The van der Waals surface area contributed by atoms with Gasteiger partial charge in [-0.1, -0.05) is 110 Å². The molecule has 0 saturated carbocycles. The number of nitrogens with zero attached hydrogens (tertiary/aromatic N) is 1. The summed E-state index contributed by atoms with van der Waals surface area (Å²) in [7, 11) is 0. The Morgan fingerprint density at radius 1 is 0.622 bits per heavy atom. The number of ketones is 1. The number of benzene rings is 5. The Labute approximate surface area is 217 Å². The van der Waals surface area contributed by atoms with E-state index in [0.29, 0.717) is 11.1 Å². The third-order valence-electron chi connectivity index (χ3n) is 6.39. The van der Waals surface area contributed by atoms with Gasteiger partial charge in [0.25, 0.3) is 0 Å². The monoisotopic (exact) mass is 481 g/mol. The van der Waals surface area contributed by atoms with Crippen molar-refractivity contribution in [2.75, 3.05) is 4.90 Å². The van der Waals surface area contributed by atoms with Crippen LogP contribution in [0.1, 0.15) is 27.6 Å².